The molecule has 0 saturated heterocycles. The predicted octanol–water partition coefficient (Wildman–Crippen LogP) is 6.08. The fraction of sp³-hybridized carbons (Fsp3) is 0.275. The summed E-state index contributed by atoms with van der Waals surface area (Å²) < 4.78 is 31.0. The molecule has 1 heterocycles. The maximum absolute atomic E-state index is 12.4. The summed E-state index contributed by atoms with van der Waals surface area (Å²) in [7, 11) is 1.61. The molecule has 14 heteroatoms. The fourth-order valence-corrected chi connectivity index (χ4v) is 5.67. The number of hydrogen-bond donors (Lipinski definition) is 2. The van der Waals surface area contributed by atoms with E-state index in [9.17, 15) is 24.5 Å². The molecule has 0 spiro atoms. The molecule has 0 aliphatic carbocycles. The van der Waals surface area contributed by atoms with Crippen LogP contribution in [-0.2, 0) is 21.8 Å². The number of aromatic amines is 1. The maximum Gasteiger partial charge on any atom is 0.412 e. The number of benzene rings is 4. The number of nitro benzene ring substituents is 1. The van der Waals surface area contributed by atoms with Crippen LogP contribution >= 0.6 is 0 Å². The van der Waals surface area contributed by atoms with E-state index < -0.39 is 34.0 Å². The highest BCUT2D eigenvalue weighted by Gasteiger charge is 2.38. The first-order chi connectivity index (χ1) is 26.1. The molecule has 0 radical (unpaired) electrons. The quantitative estimate of drug-likeness (QED) is 0.0464. The van der Waals surface area contributed by atoms with Crippen molar-refractivity contribution in [1.29, 1.82) is 0 Å². The van der Waals surface area contributed by atoms with E-state index in [1.807, 2.05) is 85.8 Å². The number of non-ortho nitro benzene ring substituents is 1. The molecule has 0 bridgehead atoms. The number of amides is 1. The van der Waals surface area contributed by atoms with Gasteiger partial charge in [-0.2, -0.15) is 0 Å². The van der Waals surface area contributed by atoms with Crippen molar-refractivity contribution >= 4 is 11.8 Å². The number of nitrogens with zero attached hydrogens (tertiary/aromatic N) is 2. The average Bonchev–Trinajstić information content (AvgIpc) is 3.19. The number of H-pyrrole nitrogens is 1. The second-order valence-corrected chi connectivity index (χ2v) is 12.2. The summed E-state index contributed by atoms with van der Waals surface area (Å²) >= 11 is 0. The van der Waals surface area contributed by atoms with Crippen molar-refractivity contribution in [2.75, 3.05) is 26.9 Å². The normalized spacial score (nSPS) is 12.6. The molecule has 4 aromatic carbocycles. The Morgan fingerprint density at radius 1 is 0.889 bits per heavy atom. The van der Waals surface area contributed by atoms with Crippen molar-refractivity contribution in [3.8, 4) is 17.2 Å². The molecule has 282 valence electrons. The van der Waals surface area contributed by atoms with Gasteiger partial charge in [-0.15, -0.1) is 0 Å². The van der Waals surface area contributed by atoms with E-state index in [4.69, 9.17) is 23.7 Å². The maximum atomic E-state index is 12.4. The third-order valence-corrected chi connectivity index (χ3v) is 8.63. The van der Waals surface area contributed by atoms with Crippen molar-refractivity contribution in [3.05, 3.63) is 163 Å². The molecule has 5 aromatic rings. The minimum absolute atomic E-state index is 0.0677. The van der Waals surface area contributed by atoms with Gasteiger partial charge in [-0.05, 0) is 72.9 Å². The third-order valence-electron chi connectivity index (χ3n) is 8.63. The number of carbonyl (C=O) groups excluding carboxylic acids is 1. The monoisotopic (exact) mass is 738 g/mol. The Morgan fingerprint density at radius 2 is 1.50 bits per heavy atom. The zero-order chi connectivity index (χ0) is 38.5. The van der Waals surface area contributed by atoms with Crippen LogP contribution in [0.15, 0.2) is 119 Å². The van der Waals surface area contributed by atoms with Crippen LogP contribution in [0, 0.1) is 17.0 Å². The topological polar surface area (TPSA) is 173 Å². The van der Waals surface area contributed by atoms with Crippen LogP contribution in [0.1, 0.15) is 42.0 Å². The number of ether oxygens (including phenoxy) is 5. The molecule has 0 fully saturated rings. The lowest BCUT2D eigenvalue weighted by Crippen LogP contribution is -2.37. The number of rotatable bonds is 18. The summed E-state index contributed by atoms with van der Waals surface area (Å²) in [6.45, 7) is 4.27. The highest BCUT2D eigenvalue weighted by Crippen LogP contribution is 2.42. The Morgan fingerprint density at radius 3 is 2.11 bits per heavy atom. The lowest BCUT2D eigenvalue weighted by atomic mass is 9.80. The second-order valence-electron chi connectivity index (χ2n) is 12.2. The molecule has 1 aromatic heterocycles. The second kappa shape index (κ2) is 18.5. The zero-order valence-electron chi connectivity index (χ0n) is 30.2. The number of hydrogen-bond acceptors (Lipinski definition) is 10. The number of aryl methyl sites for hydroxylation is 1. The molecule has 14 nitrogen and oxygen atoms in total. The lowest BCUT2D eigenvalue weighted by molar-refractivity contribution is -0.384. The molecule has 0 aliphatic rings. The molecular formula is C40H42N4O10. The highest BCUT2D eigenvalue weighted by molar-refractivity contribution is 5.70. The summed E-state index contributed by atoms with van der Waals surface area (Å²) in [5.74, 6) is 1.49. The molecule has 1 amide bonds. The molecule has 54 heavy (non-hydrogen) atoms. The summed E-state index contributed by atoms with van der Waals surface area (Å²) in [6, 6.07) is 30.3. The van der Waals surface area contributed by atoms with E-state index in [2.05, 4.69) is 10.3 Å². The smallest absolute Gasteiger partial charge is 0.412 e. The molecule has 0 aliphatic heterocycles. The standard InChI is InChI=1S/C40H42N4O10/c1-4-33(52-27-43-25-28(2)37(45)42-38(43)46)26-53-40(29-9-6-5-7-10-29,30-11-17-34(50-3)18-12-30)31-13-19-35(20-14-31)51-24-8-23-41-39(47)54-36-21-15-32(16-22-36)44(48)49/h5-7,9-22,25,33H,4,8,23-24,26-27H2,1-3H3,(H,41,47)(H,42,45,46)/t33-,40?/m0/s1. The first kappa shape index (κ1) is 39.0. The van der Waals surface area contributed by atoms with Gasteiger partial charge in [0.15, 0.2) is 0 Å². The van der Waals surface area contributed by atoms with Crippen LogP contribution in [0.5, 0.6) is 17.2 Å². The Hall–Kier alpha value is -6.25. The zero-order valence-corrected chi connectivity index (χ0v) is 30.2. The van der Waals surface area contributed by atoms with Crippen LogP contribution in [0.4, 0.5) is 10.5 Å². The molecule has 2 N–H and O–H groups in total. The number of aromatic nitrogens is 2. The molecular weight excluding hydrogens is 696 g/mol. The van der Waals surface area contributed by atoms with E-state index >= 15 is 0 Å². The summed E-state index contributed by atoms with van der Waals surface area (Å²) in [5, 5.41) is 13.5. The Kier molecular flexibility index (Phi) is 13.3. The van der Waals surface area contributed by atoms with Crippen molar-refractivity contribution in [3.63, 3.8) is 0 Å². The summed E-state index contributed by atoms with van der Waals surface area (Å²) in [4.78, 5) is 49.0. The van der Waals surface area contributed by atoms with Crippen LogP contribution in [0.2, 0.25) is 0 Å². The van der Waals surface area contributed by atoms with Crippen LogP contribution in [-0.4, -0.2) is 53.5 Å². The van der Waals surface area contributed by atoms with E-state index in [0.29, 0.717) is 36.5 Å². The van der Waals surface area contributed by atoms with Gasteiger partial charge in [-0.1, -0.05) is 61.5 Å². The average molecular weight is 739 g/mol. The summed E-state index contributed by atoms with van der Waals surface area (Å²) in [6.07, 6.45) is 1.46. The highest BCUT2D eigenvalue weighted by atomic mass is 16.6. The van der Waals surface area contributed by atoms with E-state index in [1.54, 1.807) is 14.0 Å². The predicted molar refractivity (Wildman–Crippen MR) is 200 cm³/mol. The first-order valence-electron chi connectivity index (χ1n) is 17.3. The molecule has 0 saturated carbocycles. The van der Waals surface area contributed by atoms with Crippen LogP contribution in [0.3, 0.4) is 0 Å². The number of carbonyl (C=O) groups is 1. The SMILES string of the molecule is CC[C@@H](COC(c1ccccc1)(c1ccc(OC)cc1)c1ccc(OCCCNC(=O)Oc2ccc([N+](=O)[O-])cc2)cc1)OCn1cc(C)c(=O)[nH]c1=O. The van der Waals surface area contributed by atoms with Gasteiger partial charge in [-0.3, -0.25) is 24.5 Å². The molecule has 5 rings (SSSR count). The fourth-order valence-electron chi connectivity index (χ4n) is 5.67. The Balaban J connectivity index is 1.29. The van der Waals surface area contributed by atoms with Gasteiger partial charge < -0.3 is 29.0 Å². The van der Waals surface area contributed by atoms with Crippen molar-refractivity contribution < 1.29 is 33.4 Å². The number of nitrogens with one attached hydrogen (secondary N) is 2. The minimum Gasteiger partial charge on any atom is -0.497 e. The van der Waals surface area contributed by atoms with Crippen molar-refractivity contribution in [1.82, 2.24) is 14.9 Å². The summed E-state index contributed by atoms with van der Waals surface area (Å²) in [5.41, 5.74) is 0.751. The molecule has 2 atom stereocenters. The van der Waals surface area contributed by atoms with Gasteiger partial charge in [0.2, 0.25) is 0 Å². The first-order valence-corrected chi connectivity index (χ1v) is 17.3. The van der Waals surface area contributed by atoms with Crippen LogP contribution < -0.4 is 30.8 Å². The van der Waals surface area contributed by atoms with Gasteiger partial charge in [0.05, 0.1) is 31.4 Å². The third kappa shape index (κ3) is 9.79. The Labute approximate surface area is 311 Å². The van der Waals surface area contributed by atoms with Gasteiger partial charge in [0, 0.05) is 30.4 Å². The van der Waals surface area contributed by atoms with Gasteiger partial charge in [0.25, 0.3) is 11.2 Å². The Bertz CT molecular complexity index is 2100. The number of nitro groups is 1. The largest absolute Gasteiger partial charge is 0.497 e. The van der Waals surface area contributed by atoms with Gasteiger partial charge >= 0.3 is 11.8 Å². The van der Waals surface area contributed by atoms with E-state index in [-0.39, 0.29) is 31.3 Å². The van der Waals surface area contributed by atoms with Crippen molar-refractivity contribution in [2.24, 2.45) is 0 Å². The van der Waals surface area contributed by atoms with E-state index in [0.717, 1.165) is 16.7 Å². The van der Waals surface area contributed by atoms with Gasteiger partial charge in [0.1, 0.15) is 29.6 Å². The lowest BCUT2D eigenvalue weighted by Gasteiger charge is -2.37. The number of methoxy groups -OCH3 is 1. The van der Waals surface area contributed by atoms with Gasteiger partial charge in [-0.25, -0.2) is 9.59 Å². The van der Waals surface area contributed by atoms with E-state index in [1.165, 1.54) is 35.0 Å². The molecule has 1 unspecified atom stereocenters. The van der Waals surface area contributed by atoms with Crippen molar-refractivity contribution in [2.45, 2.75) is 45.1 Å². The van der Waals surface area contributed by atoms with Crippen LogP contribution in [0.25, 0.3) is 0 Å². The minimum atomic E-state index is -1.10.